The molecule has 3 heteroatoms. The lowest BCUT2D eigenvalue weighted by molar-refractivity contribution is -0.114. The fraction of sp³-hybridized carbons (Fsp3) is 0.0667. The average Bonchev–Trinajstić information content (AvgIpc) is 2.39. The van der Waals surface area contributed by atoms with Gasteiger partial charge in [-0.3, -0.25) is 4.79 Å². The van der Waals surface area contributed by atoms with Gasteiger partial charge in [0.2, 0.25) is 5.91 Å². The Balaban J connectivity index is 2.13. The minimum Gasteiger partial charge on any atom is -0.325 e. The van der Waals surface area contributed by atoms with Crippen LogP contribution in [0.3, 0.4) is 0 Å². The first-order valence-corrected chi connectivity index (χ1v) is 6.01. The second-order valence-corrected chi connectivity index (χ2v) is 4.33. The van der Waals surface area contributed by atoms with Crippen molar-refractivity contribution in [2.45, 2.75) is 6.92 Å². The molecule has 0 aliphatic carbocycles. The molecule has 1 radical (unpaired) electrons. The molecule has 0 aromatic heterocycles. The predicted molar refractivity (Wildman–Crippen MR) is 74.5 cm³/mol. The van der Waals surface area contributed by atoms with Gasteiger partial charge in [-0.15, -0.1) is 0 Å². The van der Waals surface area contributed by atoms with Crippen LogP contribution in [-0.2, 0) is 4.79 Å². The van der Waals surface area contributed by atoms with Crippen molar-refractivity contribution in [1.29, 1.82) is 0 Å². The number of halogens is 1. The maximum Gasteiger partial charge on any atom is 0.236 e. The Morgan fingerprint density at radius 3 is 2.28 bits per heavy atom. The van der Waals surface area contributed by atoms with Crippen molar-refractivity contribution in [2.75, 3.05) is 5.32 Å². The second kappa shape index (κ2) is 5.69. The molecular formula is C15H13ClNO. The maximum absolute atomic E-state index is 12.1. The van der Waals surface area contributed by atoms with Crippen LogP contribution in [0, 0.1) is 5.92 Å². The first-order chi connectivity index (χ1) is 8.68. The van der Waals surface area contributed by atoms with E-state index in [1.54, 1.807) is 13.0 Å². The zero-order valence-corrected chi connectivity index (χ0v) is 10.7. The van der Waals surface area contributed by atoms with Crippen LogP contribution in [0.2, 0.25) is 5.02 Å². The van der Waals surface area contributed by atoms with Crippen LogP contribution in [0.4, 0.5) is 5.69 Å². The molecule has 0 fully saturated rings. The Morgan fingerprint density at radius 1 is 1.00 bits per heavy atom. The third-order valence-electron chi connectivity index (χ3n) is 2.65. The molecule has 0 unspecified atom stereocenters. The van der Waals surface area contributed by atoms with Gasteiger partial charge in [0.25, 0.3) is 0 Å². The number of hydrogen-bond acceptors (Lipinski definition) is 1. The van der Waals surface area contributed by atoms with Crippen LogP contribution >= 0.6 is 11.6 Å². The van der Waals surface area contributed by atoms with Crippen molar-refractivity contribution in [1.82, 2.24) is 0 Å². The molecule has 1 N–H and O–H groups in total. The summed E-state index contributed by atoms with van der Waals surface area (Å²) >= 11 is 6.07. The second-order valence-electron chi connectivity index (χ2n) is 3.92. The van der Waals surface area contributed by atoms with E-state index < -0.39 is 0 Å². The van der Waals surface area contributed by atoms with E-state index in [-0.39, 0.29) is 5.91 Å². The molecule has 0 aliphatic rings. The summed E-state index contributed by atoms with van der Waals surface area (Å²) in [5, 5.41) is 3.41. The van der Waals surface area contributed by atoms with Crippen LogP contribution in [0.15, 0.2) is 54.6 Å². The van der Waals surface area contributed by atoms with E-state index in [0.717, 1.165) is 11.3 Å². The third-order valence-corrected chi connectivity index (χ3v) is 2.98. The number of nitrogens with one attached hydrogen (secondary N) is 1. The van der Waals surface area contributed by atoms with Crippen LogP contribution in [0.1, 0.15) is 12.5 Å². The topological polar surface area (TPSA) is 29.1 Å². The Kier molecular flexibility index (Phi) is 4.00. The summed E-state index contributed by atoms with van der Waals surface area (Å²) in [6, 6.07) is 16.7. The number of amides is 1. The quantitative estimate of drug-likeness (QED) is 0.888. The van der Waals surface area contributed by atoms with E-state index in [1.165, 1.54) is 0 Å². The van der Waals surface area contributed by atoms with Gasteiger partial charge in [-0.2, -0.15) is 0 Å². The highest BCUT2D eigenvalue weighted by molar-refractivity contribution is 6.32. The van der Waals surface area contributed by atoms with Crippen molar-refractivity contribution in [3.63, 3.8) is 0 Å². The molecule has 0 spiro atoms. The standard InChI is InChI=1S/C15H13ClNO/c1-11(13-9-5-6-10-14(13)16)15(18)17-12-7-3-2-4-8-12/h2-10H,1H3,(H,17,18). The molecule has 0 saturated carbocycles. The van der Waals surface area contributed by atoms with Crippen molar-refractivity contribution in [2.24, 2.45) is 0 Å². The number of rotatable bonds is 3. The first kappa shape index (κ1) is 12.7. The summed E-state index contributed by atoms with van der Waals surface area (Å²) in [7, 11) is 0. The Morgan fingerprint density at radius 2 is 1.61 bits per heavy atom. The minimum absolute atomic E-state index is 0.144. The van der Waals surface area contributed by atoms with E-state index >= 15 is 0 Å². The highest BCUT2D eigenvalue weighted by atomic mass is 35.5. The van der Waals surface area contributed by atoms with Gasteiger partial charge in [-0.1, -0.05) is 48.0 Å². The van der Waals surface area contributed by atoms with Gasteiger partial charge in [0.15, 0.2) is 0 Å². The summed E-state index contributed by atoms with van der Waals surface area (Å²) in [6.45, 7) is 1.76. The molecule has 1 amide bonds. The molecule has 2 nitrogen and oxygen atoms in total. The van der Waals surface area contributed by atoms with Gasteiger partial charge in [-0.25, -0.2) is 0 Å². The molecule has 91 valence electrons. The molecule has 0 heterocycles. The number of benzene rings is 2. The van der Waals surface area contributed by atoms with Crippen molar-refractivity contribution < 1.29 is 4.79 Å². The molecule has 0 bridgehead atoms. The largest absolute Gasteiger partial charge is 0.325 e. The van der Waals surface area contributed by atoms with E-state index in [9.17, 15) is 4.79 Å². The summed E-state index contributed by atoms with van der Waals surface area (Å²) in [6.07, 6.45) is 0. The highest BCUT2D eigenvalue weighted by Crippen LogP contribution is 2.24. The maximum atomic E-state index is 12.1. The summed E-state index contributed by atoms with van der Waals surface area (Å²) in [4.78, 5) is 12.1. The van der Waals surface area contributed by atoms with Crippen LogP contribution in [0.25, 0.3) is 0 Å². The SMILES string of the molecule is C[C](C(=O)Nc1ccccc1)c1ccccc1Cl. The van der Waals surface area contributed by atoms with E-state index in [4.69, 9.17) is 11.6 Å². The van der Waals surface area contributed by atoms with Crippen molar-refractivity contribution in [3.05, 3.63) is 71.1 Å². The van der Waals surface area contributed by atoms with E-state index in [0.29, 0.717) is 10.9 Å². The summed E-state index contributed by atoms with van der Waals surface area (Å²) < 4.78 is 0. The molecule has 18 heavy (non-hydrogen) atoms. The normalized spacial score (nSPS) is 10.4. The van der Waals surface area contributed by atoms with Gasteiger partial charge < -0.3 is 5.32 Å². The molecule has 2 aromatic rings. The van der Waals surface area contributed by atoms with Gasteiger partial charge in [0.05, 0.1) is 5.92 Å². The summed E-state index contributed by atoms with van der Waals surface area (Å²) in [5.74, 6) is 0.457. The van der Waals surface area contributed by atoms with Gasteiger partial charge in [0, 0.05) is 10.7 Å². The lowest BCUT2D eigenvalue weighted by Gasteiger charge is -2.13. The van der Waals surface area contributed by atoms with Crippen molar-refractivity contribution in [3.8, 4) is 0 Å². The van der Waals surface area contributed by atoms with Crippen molar-refractivity contribution >= 4 is 23.2 Å². The molecular weight excluding hydrogens is 246 g/mol. The van der Waals surface area contributed by atoms with E-state index in [1.807, 2.05) is 48.5 Å². The molecule has 0 aliphatic heterocycles. The summed E-state index contributed by atoms with van der Waals surface area (Å²) in [5.41, 5.74) is 1.53. The molecule has 0 saturated heterocycles. The zero-order valence-electron chi connectivity index (χ0n) is 9.98. The first-order valence-electron chi connectivity index (χ1n) is 5.63. The van der Waals surface area contributed by atoms with Crippen LogP contribution in [0.5, 0.6) is 0 Å². The lowest BCUT2D eigenvalue weighted by atomic mass is 10.0. The predicted octanol–water partition coefficient (Wildman–Crippen LogP) is 3.92. The Bertz CT molecular complexity index is 539. The molecule has 2 rings (SSSR count). The number of para-hydroxylation sites is 1. The molecule has 0 atom stereocenters. The number of hydrogen-bond donors (Lipinski definition) is 1. The fourth-order valence-electron chi connectivity index (χ4n) is 1.63. The van der Waals surface area contributed by atoms with Crippen LogP contribution in [-0.4, -0.2) is 5.91 Å². The highest BCUT2D eigenvalue weighted by Gasteiger charge is 2.18. The zero-order chi connectivity index (χ0) is 13.0. The third kappa shape index (κ3) is 2.90. The van der Waals surface area contributed by atoms with Crippen LogP contribution < -0.4 is 5.32 Å². The Hall–Kier alpha value is -1.80. The van der Waals surface area contributed by atoms with E-state index in [2.05, 4.69) is 5.32 Å². The average molecular weight is 259 g/mol. The van der Waals surface area contributed by atoms with Gasteiger partial charge in [-0.05, 0) is 30.7 Å². The lowest BCUT2D eigenvalue weighted by Crippen LogP contribution is -2.19. The van der Waals surface area contributed by atoms with Gasteiger partial charge >= 0.3 is 0 Å². The van der Waals surface area contributed by atoms with Gasteiger partial charge in [0.1, 0.15) is 0 Å². The number of anilines is 1. The fourth-order valence-corrected chi connectivity index (χ4v) is 1.91. The monoisotopic (exact) mass is 258 g/mol. The minimum atomic E-state index is -0.144. The number of carbonyl (C=O) groups is 1. The Labute approximate surface area is 112 Å². The molecule has 2 aromatic carbocycles. The smallest absolute Gasteiger partial charge is 0.236 e. The number of carbonyl (C=O) groups excluding carboxylic acids is 1.